The second kappa shape index (κ2) is 4.90. The molecule has 0 saturated heterocycles. The summed E-state index contributed by atoms with van der Waals surface area (Å²) < 4.78 is 0. The van der Waals surface area contributed by atoms with E-state index in [4.69, 9.17) is 0 Å². The molecule has 0 heterocycles. The van der Waals surface area contributed by atoms with E-state index < -0.39 is 0 Å². The molecule has 0 unspecified atom stereocenters. The zero-order chi connectivity index (χ0) is 11.4. The molecule has 2 aromatic rings. The average molecular weight is 226 g/mol. The van der Waals surface area contributed by atoms with Crippen molar-refractivity contribution in [3.63, 3.8) is 0 Å². The van der Waals surface area contributed by atoms with Crippen molar-refractivity contribution >= 4 is 21.0 Å². The van der Waals surface area contributed by atoms with Crippen LogP contribution in [0.3, 0.4) is 0 Å². The molecule has 0 N–H and O–H groups in total. The van der Waals surface area contributed by atoms with Gasteiger partial charge in [-0.25, -0.2) is 0 Å². The van der Waals surface area contributed by atoms with Crippen LogP contribution >= 0.6 is 0 Å². The lowest BCUT2D eigenvalue weighted by Gasteiger charge is -2.05. The van der Waals surface area contributed by atoms with Crippen molar-refractivity contribution in [2.24, 2.45) is 0 Å². The van der Waals surface area contributed by atoms with Crippen LogP contribution in [0.2, 0.25) is 6.55 Å². The van der Waals surface area contributed by atoms with Gasteiger partial charge in [0.05, 0.1) is 9.52 Å². The lowest BCUT2D eigenvalue weighted by atomic mass is 10.0. The largest absolute Gasteiger partial charge is 0.298 e. The van der Waals surface area contributed by atoms with Gasteiger partial charge < -0.3 is 0 Å². The molecule has 0 aromatic heterocycles. The van der Waals surface area contributed by atoms with Gasteiger partial charge in [0.25, 0.3) is 0 Å². The van der Waals surface area contributed by atoms with Crippen LogP contribution in [0.4, 0.5) is 0 Å². The molecule has 2 rings (SSSR count). The summed E-state index contributed by atoms with van der Waals surface area (Å²) >= 11 is 0. The van der Waals surface area contributed by atoms with Crippen LogP contribution in [0.1, 0.15) is 10.4 Å². The monoisotopic (exact) mass is 226 g/mol. The predicted molar refractivity (Wildman–Crippen MR) is 71.3 cm³/mol. The van der Waals surface area contributed by atoms with Crippen LogP contribution in [0, 0.1) is 0 Å². The number of carbonyl (C=O) groups excluding carboxylic acids is 1. The number of rotatable bonds is 3. The Morgan fingerprint density at radius 1 is 1.00 bits per heavy atom. The van der Waals surface area contributed by atoms with Crippen LogP contribution in [-0.2, 0) is 0 Å². The Labute approximate surface area is 98.0 Å². The molecule has 0 saturated carbocycles. The van der Waals surface area contributed by atoms with Crippen LogP contribution in [-0.4, -0.2) is 15.8 Å². The van der Waals surface area contributed by atoms with Gasteiger partial charge in [-0.1, -0.05) is 60.3 Å². The maximum atomic E-state index is 10.9. The topological polar surface area (TPSA) is 17.1 Å². The van der Waals surface area contributed by atoms with Crippen molar-refractivity contribution in [2.75, 3.05) is 0 Å². The third-order valence-electron chi connectivity index (χ3n) is 2.76. The second-order valence-corrected chi connectivity index (χ2v) is 5.28. The van der Waals surface area contributed by atoms with Crippen molar-refractivity contribution in [3.05, 3.63) is 54.1 Å². The highest BCUT2D eigenvalue weighted by atomic mass is 28.2. The molecule has 0 aliphatic carbocycles. The Morgan fingerprint density at radius 3 is 2.31 bits per heavy atom. The van der Waals surface area contributed by atoms with Crippen LogP contribution < -0.4 is 5.19 Å². The molecule has 0 aliphatic rings. The molecule has 2 aromatic carbocycles. The molecule has 0 atom stereocenters. The lowest BCUT2D eigenvalue weighted by molar-refractivity contribution is 0.112. The van der Waals surface area contributed by atoms with Crippen molar-refractivity contribution in [1.29, 1.82) is 0 Å². The fourth-order valence-corrected chi connectivity index (χ4v) is 2.49. The highest BCUT2D eigenvalue weighted by molar-refractivity contribution is 6.51. The number of aldehydes is 1. The van der Waals surface area contributed by atoms with Crippen molar-refractivity contribution in [2.45, 2.75) is 6.55 Å². The molecule has 0 spiro atoms. The van der Waals surface area contributed by atoms with Gasteiger partial charge in [-0.15, -0.1) is 0 Å². The SMILES string of the molecule is C[SiH2]c1ccc(-c2ccccc2C=O)cc1. The van der Waals surface area contributed by atoms with E-state index in [9.17, 15) is 4.79 Å². The summed E-state index contributed by atoms with van der Waals surface area (Å²) in [4.78, 5) is 10.9. The molecular weight excluding hydrogens is 212 g/mol. The van der Waals surface area contributed by atoms with E-state index in [2.05, 4.69) is 30.8 Å². The Balaban J connectivity index is 2.46. The maximum absolute atomic E-state index is 10.9. The van der Waals surface area contributed by atoms with Crippen molar-refractivity contribution in [1.82, 2.24) is 0 Å². The summed E-state index contributed by atoms with van der Waals surface area (Å²) in [5.74, 6) is 0. The summed E-state index contributed by atoms with van der Waals surface area (Å²) in [5.41, 5.74) is 2.89. The van der Waals surface area contributed by atoms with Crippen molar-refractivity contribution < 1.29 is 4.79 Å². The first-order valence-electron chi connectivity index (χ1n) is 5.48. The number of hydrogen-bond donors (Lipinski definition) is 0. The summed E-state index contributed by atoms with van der Waals surface area (Å²) in [6.45, 7) is 2.27. The zero-order valence-corrected chi connectivity index (χ0v) is 10.7. The Kier molecular flexibility index (Phi) is 3.32. The molecule has 0 bridgehead atoms. The predicted octanol–water partition coefficient (Wildman–Crippen LogP) is 2.01. The summed E-state index contributed by atoms with van der Waals surface area (Å²) in [7, 11) is -0.0890. The summed E-state index contributed by atoms with van der Waals surface area (Å²) in [6.07, 6.45) is 0.914. The highest BCUT2D eigenvalue weighted by Crippen LogP contribution is 2.21. The van der Waals surface area contributed by atoms with E-state index in [0.29, 0.717) is 0 Å². The number of benzene rings is 2. The standard InChI is InChI=1S/C14H14OSi/c1-16-13-8-6-11(7-9-13)14-5-3-2-4-12(14)10-15/h2-10H,16H2,1H3. The quantitative estimate of drug-likeness (QED) is 0.578. The molecule has 0 aliphatic heterocycles. The van der Waals surface area contributed by atoms with Gasteiger partial charge >= 0.3 is 0 Å². The molecule has 1 nitrogen and oxygen atoms in total. The van der Waals surface area contributed by atoms with Gasteiger partial charge in [-0.3, -0.25) is 4.79 Å². The number of carbonyl (C=O) groups is 1. The van der Waals surface area contributed by atoms with Crippen LogP contribution in [0.5, 0.6) is 0 Å². The van der Waals surface area contributed by atoms with Gasteiger partial charge in [0, 0.05) is 5.56 Å². The van der Waals surface area contributed by atoms with Gasteiger partial charge in [0.1, 0.15) is 0 Å². The molecule has 80 valence electrons. The molecule has 16 heavy (non-hydrogen) atoms. The van der Waals surface area contributed by atoms with Gasteiger partial charge in [0.15, 0.2) is 6.29 Å². The molecular formula is C14H14OSi. The molecule has 0 amide bonds. The first-order valence-corrected chi connectivity index (χ1v) is 7.61. The fourth-order valence-electron chi connectivity index (χ4n) is 1.78. The molecule has 0 fully saturated rings. The van der Waals surface area contributed by atoms with E-state index in [1.807, 2.05) is 24.3 Å². The van der Waals surface area contributed by atoms with Crippen molar-refractivity contribution in [3.8, 4) is 11.1 Å². The smallest absolute Gasteiger partial charge is 0.150 e. The molecule has 0 radical (unpaired) electrons. The van der Waals surface area contributed by atoms with E-state index >= 15 is 0 Å². The highest BCUT2D eigenvalue weighted by Gasteiger charge is 2.02. The molecule has 2 heteroatoms. The van der Waals surface area contributed by atoms with E-state index in [0.717, 1.165) is 23.0 Å². The van der Waals surface area contributed by atoms with E-state index in [1.165, 1.54) is 5.19 Å². The van der Waals surface area contributed by atoms with Crippen LogP contribution in [0.25, 0.3) is 11.1 Å². The minimum atomic E-state index is -0.0890. The minimum Gasteiger partial charge on any atom is -0.298 e. The van der Waals surface area contributed by atoms with Gasteiger partial charge in [-0.05, 0) is 11.1 Å². The summed E-state index contributed by atoms with van der Waals surface area (Å²) in [6, 6.07) is 16.2. The maximum Gasteiger partial charge on any atom is 0.150 e. The Morgan fingerprint density at radius 2 is 1.69 bits per heavy atom. The minimum absolute atomic E-state index is 0.0890. The zero-order valence-electron chi connectivity index (χ0n) is 9.31. The normalized spacial score (nSPS) is 10.8. The van der Waals surface area contributed by atoms with Crippen LogP contribution in [0.15, 0.2) is 48.5 Å². The second-order valence-electron chi connectivity index (χ2n) is 3.76. The Bertz CT molecular complexity index is 488. The fraction of sp³-hybridized carbons (Fsp3) is 0.0714. The third kappa shape index (κ3) is 2.12. The first kappa shape index (κ1) is 10.8. The lowest BCUT2D eigenvalue weighted by Crippen LogP contribution is -2.08. The van der Waals surface area contributed by atoms with Gasteiger partial charge in [0.2, 0.25) is 0 Å². The first-order chi connectivity index (χ1) is 7.85. The number of hydrogen-bond acceptors (Lipinski definition) is 1. The average Bonchev–Trinajstić information content (AvgIpc) is 2.39. The summed E-state index contributed by atoms with van der Waals surface area (Å²) in [5, 5.41) is 1.45. The van der Waals surface area contributed by atoms with E-state index in [1.54, 1.807) is 0 Å². The Hall–Kier alpha value is -1.67. The van der Waals surface area contributed by atoms with E-state index in [-0.39, 0.29) is 9.52 Å². The van der Waals surface area contributed by atoms with Gasteiger partial charge in [-0.2, -0.15) is 0 Å². The third-order valence-corrected chi connectivity index (χ3v) is 4.05.